The van der Waals surface area contributed by atoms with Crippen molar-refractivity contribution < 1.29 is 4.57 Å². The van der Waals surface area contributed by atoms with E-state index in [1.807, 2.05) is 0 Å². The summed E-state index contributed by atoms with van der Waals surface area (Å²) < 4.78 is 2.25. The fraction of sp³-hybridized carbons (Fsp3) is 0.261. The molecule has 3 aromatic rings. The molecule has 0 saturated carbocycles. The molecular formula is C23H26N+. The van der Waals surface area contributed by atoms with Crippen molar-refractivity contribution in [1.82, 2.24) is 0 Å². The number of hydrogen-bond acceptors (Lipinski definition) is 0. The SMILES string of the molecule is Cc1cc(C)c(-c2ccc(C(C)C)c[n+]2C)cc1-c1ccccc1. The average molecular weight is 316 g/mol. The number of aryl methyl sites for hydroxylation is 3. The Labute approximate surface area is 145 Å². The largest absolute Gasteiger partial charge is 0.212 e. The maximum atomic E-state index is 2.34. The van der Waals surface area contributed by atoms with Gasteiger partial charge in [0.2, 0.25) is 5.69 Å². The predicted molar refractivity (Wildman–Crippen MR) is 102 cm³/mol. The second-order valence-corrected chi connectivity index (χ2v) is 6.96. The highest BCUT2D eigenvalue weighted by Crippen LogP contribution is 2.31. The van der Waals surface area contributed by atoms with Crippen molar-refractivity contribution in [2.24, 2.45) is 7.05 Å². The number of benzene rings is 2. The van der Waals surface area contributed by atoms with Crippen LogP contribution in [0.15, 0.2) is 60.8 Å². The number of aromatic nitrogens is 1. The van der Waals surface area contributed by atoms with E-state index in [1.54, 1.807) is 0 Å². The lowest BCUT2D eigenvalue weighted by atomic mass is 9.93. The summed E-state index contributed by atoms with van der Waals surface area (Å²) in [6.45, 7) is 8.87. The van der Waals surface area contributed by atoms with Gasteiger partial charge in [0.15, 0.2) is 6.20 Å². The van der Waals surface area contributed by atoms with E-state index in [0.29, 0.717) is 5.92 Å². The first-order valence-corrected chi connectivity index (χ1v) is 8.64. The lowest BCUT2D eigenvalue weighted by Gasteiger charge is -2.12. The smallest absolute Gasteiger partial charge is 0.201 e. The molecule has 0 amide bonds. The Morgan fingerprint density at radius 2 is 1.46 bits per heavy atom. The van der Waals surface area contributed by atoms with Crippen LogP contribution in [-0.2, 0) is 7.05 Å². The number of rotatable bonds is 3. The molecule has 0 fully saturated rings. The van der Waals surface area contributed by atoms with Crippen LogP contribution in [0.25, 0.3) is 22.4 Å². The fourth-order valence-corrected chi connectivity index (χ4v) is 3.31. The molecule has 1 nitrogen and oxygen atoms in total. The van der Waals surface area contributed by atoms with E-state index in [-0.39, 0.29) is 0 Å². The standard InChI is InChI=1S/C23H26N/c1-16(2)20-11-12-23(24(5)15-20)22-14-21(17(3)13-18(22)4)19-9-7-6-8-10-19/h6-16H,1-5H3/q+1. The molecule has 0 aliphatic rings. The Balaban J connectivity index is 2.15. The van der Waals surface area contributed by atoms with Crippen LogP contribution in [-0.4, -0.2) is 0 Å². The highest BCUT2D eigenvalue weighted by molar-refractivity contribution is 5.75. The van der Waals surface area contributed by atoms with Gasteiger partial charge in [-0.2, -0.15) is 0 Å². The van der Waals surface area contributed by atoms with E-state index >= 15 is 0 Å². The third-order valence-electron chi connectivity index (χ3n) is 4.76. The van der Waals surface area contributed by atoms with Gasteiger partial charge >= 0.3 is 0 Å². The minimum atomic E-state index is 0.546. The Hall–Kier alpha value is -2.41. The molecule has 2 aromatic carbocycles. The Morgan fingerprint density at radius 1 is 0.792 bits per heavy atom. The van der Waals surface area contributed by atoms with Crippen molar-refractivity contribution in [3.8, 4) is 22.4 Å². The Morgan fingerprint density at radius 3 is 2.08 bits per heavy atom. The molecule has 0 spiro atoms. The molecule has 1 aromatic heterocycles. The minimum Gasteiger partial charge on any atom is -0.201 e. The van der Waals surface area contributed by atoms with E-state index < -0.39 is 0 Å². The fourth-order valence-electron chi connectivity index (χ4n) is 3.31. The van der Waals surface area contributed by atoms with Crippen LogP contribution in [0, 0.1) is 13.8 Å². The van der Waals surface area contributed by atoms with E-state index in [1.165, 1.54) is 39.1 Å². The van der Waals surface area contributed by atoms with Gasteiger partial charge in [-0.3, -0.25) is 0 Å². The maximum absolute atomic E-state index is 2.34. The minimum absolute atomic E-state index is 0.546. The van der Waals surface area contributed by atoms with Crippen LogP contribution in [0.5, 0.6) is 0 Å². The Kier molecular flexibility index (Phi) is 4.53. The van der Waals surface area contributed by atoms with Gasteiger partial charge in [-0.05, 0) is 54.2 Å². The number of hydrogen-bond donors (Lipinski definition) is 0. The monoisotopic (exact) mass is 316 g/mol. The average Bonchev–Trinajstić information content (AvgIpc) is 2.56. The topological polar surface area (TPSA) is 3.88 Å². The predicted octanol–water partition coefficient (Wildman–Crippen LogP) is 5.59. The molecule has 3 rings (SSSR count). The third kappa shape index (κ3) is 3.12. The van der Waals surface area contributed by atoms with Gasteiger partial charge in [-0.1, -0.05) is 50.2 Å². The second kappa shape index (κ2) is 6.60. The summed E-state index contributed by atoms with van der Waals surface area (Å²) in [4.78, 5) is 0. The van der Waals surface area contributed by atoms with Crippen LogP contribution in [0.1, 0.15) is 36.5 Å². The highest BCUT2D eigenvalue weighted by Gasteiger charge is 2.16. The molecule has 0 radical (unpaired) electrons. The lowest BCUT2D eigenvalue weighted by Crippen LogP contribution is -2.31. The Bertz CT molecular complexity index is 861. The quantitative estimate of drug-likeness (QED) is 0.555. The molecule has 1 heterocycles. The first-order chi connectivity index (χ1) is 11.5. The van der Waals surface area contributed by atoms with Crippen LogP contribution in [0.2, 0.25) is 0 Å². The zero-order chi connectivity index (χ0) is 17.3. The van der Waals surface area contributed by atoms with Crippen molar-refractivity contribution in [3.63, 3.8) is 0 Å². The van der Waals surface area contributed by atoms with Crippen LogP contribution < -0.4 is 4.57 Å². The molecule has 0 aliphatic heterocycles. The zero-order valence-corrected chi connectivity index (χ0v) is 15.3. The summed E-state index contributed by atoms with van der Waals surface area (Å²) in [5, 5.41) is 0. The van der Waals surface area contributed by atoms with Crippen LogP contribution in [0.4, 0.5) is 0 Å². The lowest BCUT2D eigenvalue weighted by molar-refractivity contribution is -0.660. The number of pyridine rings is 1. The summed E-state index contributed by atoms with van der Waals surface area (Å²) in [6, 6.07) is 19.8. The van der Waals surface area contributed by atoms with Gasteiger partial charge < -0.3 is 0 Å². The van der Waals surface area contributed by atoms with Crippen molar-refractivity contribution in [1.29, 1.82) is 0 Å². The summed E-state index contributed by atoms with van der Waals surface area (Å²) >= 11 is 0. The van der Waals surface area contributed by atoms with E-state index in [0.717, 1.165) is 0 Å². The van der Waals surface area contributed by atoms with Crippen molar-refractivity contribution in [2.45, 2.75) is 33.6 Å². The molecule has 122 valence electrons. The van der Waals surface area contributed by atoms with Crippen molar-refractivity contribution >= 4 is 0 Å². The molecule has 0 unspecified atom stereocenters. The van der Waals surface area contributed by atoms with Gasteiger partial charge in [0.25, 0.3) is 0 Å². The first-order valence-electron chi connectivity index (χ1n) is 8.64. The summed E-state index contributed by atoms with van der Waals surface area (Å²) in [7, 11) is 2.14. The van der Waals surface area contributed by atoms with Crippen molar-refractivity contribution in [2.75, 3.05) is 0 Å². The van der Waals surface area contributed by atoms with Gasteiger partial charge in [-0.25, -0.2) is 4.57 Å². The second-order valence-electron chi connectivity index (χ2n) is 6.96. The zero-order valence-electron chi connectivity index (χ0n) is 15.3. The van der Waals surface area contributed by atoms with Crippen LogP contribution in [0.3, 0.4) is 0 Å². The third-order valence-corrected chi connectivity index (χ3v) is 4.76. The normalized spacial score (nSPS) is 11.1. The maximum Gasteiger partial charge on any atom is 0.212 e. The van der Waals surface area contributed by atoms with Gasteiger partial charge in [-0.15, -0.1) is 0 Å². The summed E-state index contributed by atoms with van der Waals surface area (Å²) in [6.07, 6.45) is 2.25. The molecule has 0 bridgehead atoms. The van der Waals surface area contributed by atoms with E-state index in [2.05, 4.69) is 100 Å². The van der Waals surface area contributed by atoms with Gasteiger partial charge in [0.05, 0.1) is 0 Å². The van der Waals surface area contributed by atoms with Gasteiger partial charge in [0, 0.05) is 17.2 Å². The summed E-state index contributed by atoms with van der Waals surface area (Å²) in [5.41, 5.74) is 9.16. The number of nitrogens with zero attached hydrogens (tertiary/aromatic N) is 1. The van der Waals surface area contributed by atoms with Crippen LogP contribution >= 0.6 is 0 Å². The molecule has 0 N–H and O–H groups in total. The van der Waals surface area contributed by atoms with E-state index in [4.69, 9.17) is 0 Å². The molecule has 0 aliphatic carbocycles. The molecular weight excluding hydrogens is 290 g/mol. The molecule has 1 heteroatoms. The molecule has 24 heavy (non-hydrogen) atoms. The molecule has 0 saturated heterocycles. The highest BCUT2D eigenvalue weighted by atomic mass is 14.9. The van der Waals surface area contributed by atoms with Gasteiger partial charge in [0.1, 0.15) is 7.05 Å². The van der Waals surface area contributed by atoms with Crippen molar-refractivity contribution in [3.05, 3.63) is 77.5 Å². The first kappa shape index (κ1) is 16.4. The van der Waals surface area contributed by atoms with E-state index in [9.17, 15) is 0 Å². The summed E-state index contributed by atoms with van der Waals surface area (Å²) in [5.74, 6) is 0.546. The molecule has 0 atom stereocenters.